The molecule has 0 saturated carbocycles. The first-order valence-electron chi connectivity index (χ1n) is 6.04. The molecule has 1 aromatic rings. The standard InChI is InChI=1S/C13H18N2O5/c1-4-9(12(16)17)14-13(18)15-10-6-5-8(19-2)7-11(10)20-3/h5-7,9H,4H2,1-3H3,(H,16,17)(H2,14,15,18)/t9-/m1/s1. The van der Waals surface area contributed by atoms with Crippen LogP contribution in [0.3, 0.4) is 0 Å². The van der Waals surface area contributed by atoms with Crippen molar-refractivity contribution in [1.82, 2.24) is 5.32 Å². The number of carbonyl (C=O) groups is 2. The molecule has 1 rings (SSSR count). The van der Waals surface area contributed by atoms with Crippen LogP contribution < -0.4 is 20.1 Å². The highest BCUT2D eigenvalue weighted by atomic mass is 16.5. The summed E-state index contributed by atoms with van der Waals surface area (Å²) in [5.74, 6) is -0.0722. The number of hydrogen-bond acceptors (Lipinski definition) is 4. The van der Waals surface area contributed by atoms with Crippen LogP contribution in [0.1, 0.15) is 13.3 Å². The number of rotatable bonds is 6. The van der Waals surface area contributed by atoms with Gasteiger partial charge in [-0.2, -0.15) is 0 Å². The lowest BCUT2D eigenvalue weighted by molar-refractivity contribution is -0.139. The Balaban J connectivity index is 2.77. The molecule has 0 fully saturated rings. The third-order valence-electron chi connectivity index (χ3n) is 2.67. The molecule has 0 aliphatic rings. The number of benzene rings is 1. The van der Waals surface area contributed by atoms with Crippen molar-refractivity contribution in [2.24, 2.45) is 0 Å². The SMILES string of the molecule is CC[C@@H](NC(=O)Nc1ccc(OC)cc1OC)C(=O)O. The van der Waals surface area contributed by atoms with Crippen molar-refractivity contribution < 1.29 is 24.2 Å². The highest BCUT2D eigenvalue weighted by molar-refractivity contribution is 5.93. The Labute approximate surface area is 116 Å². The molecule has 0 bridgehead atoms. The van der Waals surface area contributed by atoms with E-state index in [4.69, 9.17) is 14.6 Å². The minimum Gasteiger partial charge on any atom is -0.497 e. The predicted molar refractivity (Wildman–Crippen MR) is 73.4 cm³/mol. The Hall–Kier alpha value is -2.44. The van der Waals surface area contributed by atoms with Crippen LogP contribution in [0, 0.1) is 0 Å². The molecule has 0 aliphatic heterocycles. The number of hydrogen-bond donors (Lipinski definition) is 3. The van der Waals surface area contributed by atoms with Crippen LogP contribution >= 0.6 is 0 Å². The predicted octanol–water partition coefficient (Wildman–Crippen LogP) is 1.69. The van der Waals surface area contributed by atoms with Gasteiger partial charge in [0.15, 0.2) is 0 Å². The molecule has 2 amide bonds. The highest BCUT2D eigenvalue weighted by Crippen LogP contribution is 2.28. The summed E-state index contributed by atoms with van der Waals surface area (Å²) >= 11 is 0. The van der Waals surface area contributed by atoms with Crippen molar-refractivity contribution in [3.63, 3.8) is 0 Å². The Morgan fingerprint density at radius 2 is 2.00 bits per heavy atom. The van der Waals surface area contributed by atoms with Gasteiger partial charge in [-0.25, -0.2) is 9.59 Å². The molecule has 3 N–H and O–H groups in total. The maximum atomic E-state index is 11.7. The Morgan fingerprint density at radius 3 is 2.50 bits per heavy atom. The quantitative estimate of drug-likeness (QED) is 0.737. The zero-order chi connectivity index (χ0) is 15.1. The Morgan fingerprint density at radius 1 is 1.30 bits per heavy atom. The van der Waals surface area contributed by atoms with Crippen LogP contribution in [0.5, 0.6) is 11.5 Å². The molecule has 20 heavy (non-hydrogen) atoms. The van der Waals surface area contributed by atoms with Crippen molar-refractivity contribution in [2.75, 3.05) is 19.5 Å². The molecule has 0 heterocycles. The number of amides is 2. The topological polar surface area (TPSA) is 96.9 Å². The van der Waals surface area contributed by atoms with Gasteiger partial charge in [-0.05, 0) is 18.6 Å². The third-order valence-corrected chi connectivity index (χ3v) is 2.67. The van der Waals surface area contributed by atoms with Crippen LogP contribution in [0.25, 0.3) is 0 Å². The lowest BCUT2D eigenvalue weighted by Gasteiger charge is -2.15. The molecule has 0 saturated heterocycles. The number of carboxylic acid groups (broad SMARTS) is 1. The van der Waals surface area contributed by atoms with Gasteiger partial charge < -0.3 is 25.2 Å². The largest absolute Gasteiger partial charge is 0.497 e. The summed E-state index contributed by atoms with van der Waals surface area (Å²) in [5.41, 5.74) is 0.422. The fourth-order valence-corrected chi connectivity index (χ4v) is 1.56. The fraction of sp³-hybridized carbons (Fsp3) is 0.385. The van der Waals surface area contributed by atoms with Crippen molar-refractivity contribution in [3.05, 3.63) is 18.2 Å². The van der Waals surface area contributed by atoms with Crippen molar-refractivity contribution in [3.8, 4) is 11.5 Å². The van der Waals surface area contributed by atoms with E-state index in [1.165, 1.54) is 14.2 Å². The van der Waals surface area contributed by atoms with E-state index in [9.17, 15) is 9.59 Å². The molecular formula is C13H18N2O5. The van der Waals surface area contributed by atoms with Crippen LogP contribution in [-0.4, -0.2) is 37.4 Å². The average Bonchev–Trinajstić information content (AvgIpc) is 2.44. The maximum Gasteiger partial charge on any atom is 0.326 e. The fourth-order valence-electron chi connectivity index (χ4n) is 1.56. The van der Waals surface area contributed by atoms with Crippen LogP contribution in [0.2, 0.25) is 0 Å². The van der Waals surface area contributed by atoms with Gasteiger partial charge in [-0.3, -0.25) is 0 Å². The minimum atomic E-state index is -1.08. The first-order chi connectivity index (χ1) is 9.51. The molecule has 1 aromatic carbocycles. The Kier molecular flexibility index (Phi) is 5.64. The van der Waals surface area contributed by atoms with E-state index in [0.717, 1.165) is 0 Å². The minimum absolute atomic E-state index is 0.294. The number of urea groups is 1. The van der Waals surface area contributed by atoms with Crippen molar-refractivity contribution in [2.45, 2.75) is 19.4 Å². The van der Waals surface area contributed by atoms with Gasteiger partial charge >= 0.3 is 12.0 Å². The molecule has 1 atom stereocenters. The summed E-state index contributed by atoms with van der Waals surface area (Å²) in [5, 5.41) is 13.8. The van der Waals surface area contributed by atoms with Crippen LogP contribution in [0.15, 0.2) is 18.2 Å². The first kappa shape index (κ1) is 15.6. The highest BCUT2D eigenvalue weighted by Gasteiger charge is 2.18. The smallest absolute Gasteiger partial charge is 0.326 e. The second-order valence-electron chi connectivity index (χ2n) is 3.96. The Bertz CT molecular complexity index is 490. The second-order valence-corrected chi connectivity index (χ2v) is 3.96. The summed E-state index contributed by atoms with van der Waals surface area (Å²) in [6.45, 7) is 1.67. The summed E-state index contributed by atoms with van der Waals surface area (Å²) in [7, 11) is 2.98. The maximum absolute atomic E-state index is 11.7. The lowest BCUT2D eigenvalue weighted by Crippen LogP contribution is -2.42. The van der Waals surface area contributed by atoms with Crippen LogP contribution in [-0.2, 0) is 4.79 Å². The monoisotopic (exact) mass is 282 g/mol. The molecule has 110 valence electrons. The molecular weight excluding hydrogens is 264 g/mol. The normalized spacial score (nSPS) is 11.3. The van der Waals surface area contributed by atoms with Gasteiger partial charge in [-0.1, -0.05) is 6.92 Å². The van der Waals surface area contributed by atoms with Crippen molar-refractivity contribution in [1.29, 1.82) is 0 Å². The molecule has 0 aromatic heterocycles. The van der Waals surface area contributed by atoms with E-state index < -0.39 is 18.0 Å². The molecule has 7 nitrogen and oxygen atoms in total. The van der Waals surface area contributed by atoms with E-state index >= 15 is 0 Å². The van der Waals surface area contributed by atoms with Gasteiger partial charge in [0, 0.05) is 6.07 Å². The van der Waals surface area contributed by atoms with E-state index in [1.54, 1.807) is 25.1 Å². The first-order valence-corrected chi connectivity index (χ1v) is 6.04. The van der Waals surface area contributed by atoms with E-state index in [-0.39, 0.29) is 0 Å². The van der Waals surface area contributed by atoms with Crippen molar-refractivity contribution >= 4 is 17.7 Å². The number of aliphatic carboxylic acids is 1. The average molecular weight is 282 g/mol. The summed E-state index contributed by atoms with van der Waals surface area (Å²) in [6, 6.07) is 3.34. The van der Waals surface area contributed by atoms with E-state index in [0.29, 0.717) is 23.6 Å². The summed E-state index contributed by atoms with van der Waals surface area (Å²) in [6.07, 6.45) is 0.294. The van der Waals surface area contributed by atoms with Crippen LogP contribution in [0.4, 0.5) is 10.5 Å². The van der Waals surface area contributed by atoms with Gasteiger partial charge in [0.05, 0.1) is 19.9 Å². The molecule has 0 spiro atoms. The second kappa shape index (κ2) is 7.22. The van der Waals surface area contributed by atoms with Gasteiger partial charge in [-0.15, -0.1) is 0 Å². The third kappa shape index (κ3) is 4.04. The number of nitrogens with one attached hydrogen (secondary N) is 2. The lowest BCUT2D eigenvalue weighted by atomic mass is 10.2. The summed E-state index contributed by atoms with van der Waals surface area (Å²) in [4.78, 5) is 22.6. The van der Waals surface area contributed by atoms with Gasteiger partial charge in [0.2, 0.25) is 0 Å². The van der Waals surface area contributed by atoms with E-state index in [2.05, 4.69) is 10.6 Å². The zero-order valence-electron chi connectivity index (χ0n) is 11.6. The number of methoxy groups -OCH3 is 2. The number of carbonyl (C=O) groups excluding carboxylic acids is 1. The molecule has 0 unspecified atom stereocenters. The molecule has 0 aliphatic carbocycles. The molecule has 0 radical (unpaired) electrons. The summed E-state index contributed by atoms with van der Waals surface area (Å²) < 4.78 is 10.2. The number of anilines is 1. The number of carboxylic acids is 1. The zero-order valence-corrected chi connectivity index (χ0v) is 11.6. The van der Waals surface area contributed by atoms with Gasteiger partial charge in [0.25, 0.3) is 0 Å². The van der Waals surface area contributed by atoms with E-state index in [1.807, 2.05) is 0 Å². The number of ether oxygens (including phenoxy) is 2. The molecule has 7 heteroatoms. The van der Waals surface area contributed by atoms with Gasteiger partial charge in [0.1, 0.15) is 17.5 Å².